The molecule has 152 valence electrons. The normalized spacial score (nSPS) is 11.2. The van der Waals surface area contributed by atoms with E-state index in [-0.39, 0.29) is 28.8 Å². The Morgan fingerprint density at radius 1 is 0.840 bits per heavy atom. The van der Waals surface area contributed by atoms with Gasteiger partial charge in [-0.3, -0.25) is 9.59 Å². The Morgan fingerprint density at radius 2 is 1.12 bits per heavy atom. The summed E-state index contributed by atoms with van der Waals surface area (Å²) in [6, 6.07) is 0. The molecular weight excluding hydrogens is 316 g/mol. The quantitative estimate of drug-likeness (QED) is 0.646. The first kappa shape index (κ1) is 28.7. The zero-order chi connectivity index (χ0) is 20.8. The molecule has 0 aromatic rings. The molecule has 0 aliphatic carbocycles. The molecule has 0 rings (SSSR count). The van der Waals surface area contributed by atoms with Gasteiger partial charge in [-0.05, 0) is 67.2 Å². The summed E-state index contributed by atoms with van der Waals surface area (Å²) in [6.07, 6.45) is 3.34. The zero-order valence-corrected chi connectivity index (χ0v) is 18.3. The van der Waals surface area contributed by atoms with Gasteiger partial charge in [0, 0.05) is 17.0 Å². The molecule has 0 aliphatic heterocycles. The fourth-order valence-corrected chi connectivity index (χ4v) is 1.77. The van der Waals surface area contributed by atoms with E-state index in [2.05, 4.69) is 19.2 Å². The van der Waals surface area contributed by atoms with Crippen molar-refractivity contribution in [2.75, 3.05) is 0 Å². The number of rotatable bonds is 6. The van der Waals surface area contributed by atoms with Gasteiger partial charge in [-0.25, -0.2) is 0 Å². The van der Waals surface area contributed by atoms with E-state index >= 15 is 0 Å². The van der Waals surface area contributed by atoms with E-state index in [1.807, 2.05) is 55.4 Å². The van der Waals surface area contributed by atoms with E-state index in [0.29, 0.717) is 0 Å². The first-order valence-electron chi connectivity index (χ1n) is 9.46. The Labute approximate surface area is 156 Å². The zero-order valence-electron chi connectivity index (χ0n) is 18.3. The second kappa shape index (κ2) is 14.1. The number of amides is 1. The molecule has 0 aromatic heterocycles. The van der Waals surface area contributed by atoms with E-state index in [1.165, 1.54) is 0 Å². The Hall–Kier alpha value is -1.10. The van der Waals surface area contributed by atoms with E-state index in [4.69, 9.17) is 10.8 Å². The van der Waals surface area contributed by atoms with Crippen molar-refractivity contribution in [1.82, 2.24) is 5.32 Å². The van der Waals surface area contributed by atoms with Crippen molar-refractivity contribution in [2.24, 2.45) is 17.6 Å². The van der Waals surface area contributed by atoms with E-state index in [9.17, 15) is 9.59 Å². The summed E-state index contributed by atoms with van der Waals surface area (Å²) in [4.78, 5) is 21.7. The Bertz CT molecular complexity index is 341. The van der Waals surface area contributed by atoms with Crippen molar-refractivity contribution in [1.29, 1.82) is 0 Å². The van der Waals surface area contributed by atoms with Gasteiger partial charge in [-0.2, -0.15) is 0 Å². The Balaban J connectivity index is -0.000000321. The lowest BCUT2D eigenvalue weighted by Gasteiger charge is -2.23. The second-order valence-electron chi connectivity index (χ2n) is 8.47. The minimum atomic E-state index is -0.671. The highest BCUT2D eigenvalue weighted by molar-refractivity contribution is 5.79. The molecule has 0 spiro atoms. The average molecular weight is 361 g/mol. The molecule has 5 nitrogen and oxygen atoms in total. The van der Waals surface area contributed by atoms with Crippen LogP contribution < -0.4 is 11.1 Å². The summed E-state index contributed by atoms with van der Waals surface area (Å²) in [6.45, 7) is 19.8. The predicted molar refractivity (Wildman–Crippen MR) is 108 cm³/mol. The van der Waals surface area contributed by atoms with Crippen LogP contribution in [0.3, 0.4) is 0 Å². The number of carboxylic acids is 1. The van der Waals surface area contributed by atoms with Crippen LogP contribution in [0.15, 0.2) is 0 Å². The van der Waals surface area contributed by atoms with Crippen LogP contribution in [0.4, 0.5) is 0 Å². The molecular formula is C20H44N2O3. The van der Waals surface area contributed by atoms with E-state index in [1.54, 1.807) is 0 Å². The van der Waals surface area contributed by atoms with Gasteiger partial charge < -0.3 is 16.2 Å². The van der Waals surface area contributed by atoms with Gasteiger partial charge in [0.1, 0.15) is 0 Å². The predicted octanol–water partition coefficient (Wildman–Crippen LogP) is 4.59. The van der Waals surface area contributed by atoms with E-state index < -0.39 is 5.97 Å². The third kappa shape index (κ3) is 25.3. The lowest BCUT2D eigenvalue weighted by atomic mass is 10.0. The lowest BCUT2D eigenvalue weighted by Crippen LogP contribution is -2.43. The van der Waals surface area contributed by atoms with Crippen LogP contribution in [0.25, 0.3) is 0 Å². The molecule has 0 unspecified atom stereocenters. The Morgan fingerprint density at radius 3 is 1.24 bits per heavy atom. The van der Waals surface area contributed by atoms with Crippen molar-refractivity contribution in [2.45, 2.75) is 106 Å². The van der Waals surface area contributed by atoms with Gasteiger partial charge in [-0.15, -0.1) is 0 Å². The SMILES string of the molecule is CC(C)(C)N.CCC(CC)C(=O)NC(C)(C)C.CCC(CC)C(=O)O. The van der Waals surface area contributed by atoms with Crippen LogP contribution in [0, 0.1) is 11.8 Å². The summed E-state index contributed by atoms with van der Waals surface area (Å²) in [5.41, 5.74) is 5.26. The average Bonchev–Trinajstić information content (AvgIpc) is 2.37. The van der Waals surface area contributed by atoms with Gasteiger partial charge in [-0.1, -0.05) is 27.7 Å². The maximum Gasteiger partial charge on any atom is 0.306 e. The third-order valence-corrected chi connectivity index (χ3v) is 3.19. The number of nitrogens with one attached hydrogen (secondary N) is 1. The maximum atomic E-state index is 11.5. The summed E-state index contributed by atoms with van der Waals surface area (Å²) in [5.74, 6) is -0.429. The summed E-state index contributed by atoms with van der Waals surface area (Å²) >= 11 is 0. The number of carbonyl (C=O) groups is 2. The summed E-state index contributed by atoms with van der Waals surface area (Å²) in [7, 11) is 0. The van der Waals surface area contributed by atoms with Crippen LogP contribution in [-0.2, 0) is 9.59 Å². The van der Waals surface area contributed by atoms with Crippen LogP contribution in [0.5, 0.6) is 0 Å². The van der Waals surface area contributed by atoms with Crippen LogP contribution in [0.2, 0.25) is 0 Å². The first-order valence-corrected chi connectivity index (χ1v) is 9.46. The Kier molecular flexibility index (Phi) is 16.2. The standard InChI is InChI=1S/C10H21NO.C6H12O2.C4H11N/c1-6-8(7-2)9(12)11-10(3,4)5;1-3-5(4-2)6(7)8;1-4(2,3)5/h8H,6-7H2,1-5H3,(H,11,12);5H,3-4H2,1-2H3,(H,7,8);5H2,1-3H3. The number of nitrogens with two attached hydrogens (primary N) is 1. The van der Waals surface area contributed by atoms with Crippen molar-refractivity contribution in [3.05, 3.63) is 0 Å². The fraction of sp³-hybridized carbons (Fsp3) is 0.900. The molecule has 0 heterocycles. The summed E-state index contributed by atoms with van der Waals surface area (Å²) in [5, 5.41) is 11.4. The molecule has 0 radical (unpaired) electrons. The molecule has 0 fully saturated rings. The monoisotopic (exact) mass is 360 g/mol. The molecule has 25 heavy (non-hydrogen) atoms. The van der Waals surface area contributed by atoms with Gasteiger partial charge in [0.2, 0.25) is 5.91 Å². The van der Waals surface area contributed by atoms with Crippen LogP contribution in [-0.4, -0.2) is 28.1 Å². The number of carbonyl (C=O) groups excluding carboxylic acids is 1. The summed E-state index contributed by atoms with van der Waals surface area (Å²) < 4.78 is 0. The minimum absolute atomic E-state index is 0. The molecule has 1 amide bonds. The molecule has 0 saturated heterocycles. The molecule has 0 aliphatic rings. The number of hydrogen-bond acceptors (Lipinski definition) is 3. The van der Waals surface area contributed by atoms with Gasteiger partial charge >= 0.3 is 5.97 Å². The smallest absolute Gasteiger partial charge is 0.306 e. The number of carboxylic acid groups (broad SMARTS) is 1. The van der Waals surface area contributed by atoms with Crippen LogP contribution >= 0.6 is 0 Å². The molecule has 0 bridgehead atoms. The van der Waals surface area contributed by atoms with E-state index in [0.717, 1.165) is 25.7 Å². The molecule has 0 aromatic carbocycles. The maximum absolute atomic E-state index is 11.5. The third-order valence-electron chi connectivity index (χ3n) is 3.19. The number of aliphatic carboxylic acids is 1. The molecule has 4 N–H and O–H groups in total. The minimum Gasteiger partial charge on any atom is -0.481 e. The van der Waals surface area contributed by atoms with Gasteiger partial charge in [0.25, 0.3) is 0 Å². The highest BCUT2D eigenvalue weighted by Gasteiger charge is 2.19. The van der Waals surface area contributed by atoms with Gasteiger partial charge in [0.05, 0.1) is 5.92 Å². The second-order valence-corrected chi connectivity index (χ2v) is 8.47. The van der Waals surface area contributed by atoms with Crippen molar-refractivity contribution < 1.29 is 14.7 Å². The van der Waals surface area contributed by atoms with Crippen molar-refractivity contribution >= 4 is 11.9 Å². The highest BCUT2D eigenvalue weighted by atomic mass is 16.4. The largest absolute Gasteiger partial charge is 0.481 e. The lowest BCUT2D eigenvalue weighted by molar-refractivity contribution is -0.141. The first-order chi connectivity index (χ1) is 11.1. The molecule has 5 heteroatoms. The molecule has 0 saturated carbocycles. The van der Waals surface area contributed by atoms with Crippen molar-refractivity contribution in [3.8, 4) is 0 Å². The topological polar surface area (TPSA) is 92.4 Å². The van der Waals surface area contributed by atoms with Crippen molar-refractivity contribution in [3.63, 3.8) is 0 Å². The highest BCUT2D eigenvalue weighted by Crippen LogP contribution is 2.10. The molecule has 0 atom stereocenters. The fourth-order valence-electron chi connectivity index (χ4n) is 1.77. The van der Waals surface area contributed by atoms with Crippen LogP contribution in [0.1, 0.15) is 94.9 Å². The number of hydrogen-bond donors (Lipinski definition) is 3. The van der Waals surface area contributed by atoms with Gasteiger partial charge in [0.15, 0.2) is 0 Å².